The molecule has 2 heterocycles. The number of aromatic nitrogens is 3. The average molecular weight is 639 g/mol. The Kier molecular flexibility index (Phi) is 9.35. The largest absolute Gasteiger partial charge is 0.573 e. The molecule has 3 aromatic carbocycles. The molecule has 44 heavy (non-hydrogen) atoms. The fourth-order valence-electron chi connectivity index (χ4n) is 4.83. The van der Waals surface area contributed by atoms with Gasteiger partial charge in [0, 0.05) is 11.6 Å². The van der Waals surface area contributed by atoms with Gasteiger partial charge in [-0.25, -0.2) is 9.67 Å². The molecule has 228 valence electrons. The molecular weight excluding hydrogens is 610 g/mol. The summed E-state index contributed by atoms with van der Waals surface area (Å²) < 4.78 is 42.7. The molecule has 1 unspecified atom stereocenters. The second kappa shape index (κ2) is 13.2. The van der Waals surface area contributed by atoms with Crippen LogP contribution in [-0.4, -0.2) is 49.1 Å². The molecule has 4 aromatic rings. The number of nitrogens with one attached hydrogen (secondary N) is 1. The van der Waals surface area contributed by atoms with Gasteiger partial charge in [0.05, 0.1) is 17.1 Å². The molecule has 0 spiro atoms. The van der Waals surface area contributed by atoms with Gasteiger partial charge < -0.3 is 10.1 Å². The van der Waals surface area contributed by atoms with E-state index >= 15 is 0 Å². The highest BCUT2D eigenvalue weighted by molar-refractivity contribution is 8.15. The first-order valence-electron chi connectivity index (χ1n) is 13.8. The summed E-state index contributed by atoms with van der Waals surface area (Å²) in [6.07, 6.45) is -1.78. The second-order valence-electron chi connectivity index (χ2n) is 10.2. The average Bonchev–Trinajstić information content (AvgIpc) is 3.60. The zero-order valence-electron chi connectivity index (χ0n) is 24.1. The van der Waals surface area contributed by atoms with E-state index in [-0.39, 0.29) is 17.7 Å². The van der Waals surface area contributed by atoms with Crippen molar-refractivity contribution in [3.63, 3.8) is 0 Å². The fourth-order valence-corrected chi connectivity index (χ4v) is 6.04. The van der Waals surface area contributed by atoms with Crippen LogP contribution in [0, 0.1) is 6.92 Å². The number of para-hydroxylation sites is 1. The van der Waals surface area contributed by atoms with Crippen LogP contribution in [0.2, 0.25) is 0 Å². The molecule has 5 rings (SSSR count). The van der Waals surface area contributed by atoms with Gasteiger partial charge in [-0.2, -0.15) is 4.99 Å². The summed E-state index contributed by atoms with van der Waals surface area (Å²) in [7, 11) is 0. The second-order valence-corrected chi connectivity index (χ2v) is 11.5. The van der Waals surface area contributed by atoms with Crippen LogP contribution in [0.25, 0.3) is 17.1 Å². The number of aliphatic imine (C=N–C) groups is 1. The van der Waals surface area contributed by atoms with E-state index in [9.17, 15) is 18.0 Å². The third-order valence-electron chi connectivity index (χ3n) is 6.84. The van der Waals surface area contributed by atoms with Crippen LogP contribution >= 0.6 is 24.0 Å². The van der Waals surface area contributed by atoms with Crippen molar-refractivity contribution in [3.8, 4) is 22.8 Å². The molecule has 0 aliphatic carbocycles. The molecule has 1 N–H and O–H groups in total. The van der Waals surface area contributed by atoms with Crippen molar-refractivity contribution in [2.45, 2.75) is 46.0 Å². The number of ether oxygens (including phenoxy) is 1. The lowest BCUT2D eigenvalue weighted by atomic mass is 10.0. The summed E-state index contributed by atoms with van der Waals surface area (Å²) >= 11 is 6.93. The van der Waals surface area contributed by atoms with Crippen molar-refractivity contribution in [1.29, 1.82) is 0 Å². The standard InChI is InChI=1S/C31H29F3N6O2S2/c1-4-22-7-5-6-19(2)27(22)40-26(41)17-44-30(40)37-29(43)36-20(3)16-21-8-10-23(11-9-21)28-35-18-39(38-28)24-12-14-25(15-13-24)42-31(32,33)34/h5-15,18,20H,4,16-17H2,1-3H3,(H,36,43)/b37-30-. The van der Waals surface area contributed by atoms with E-state index in [1.165, 1.54) is 47.0 Å². The highest BCUT2D eigenvalue weighted by Crippen LogP contribution is 2.33. The maximum absolute atomic E-state index is 12.8. The van der Waals surface area contributed by atoms with Crippen molar-refractivity contribution >= 4 is 45.9 Å². The molecule has 1 aliphatic heterocycles. The summed E-state index contributed by atoms with van der Waals surface area (Å²) in [6.45, 7) is 6.07. The van der Waals surface area contributed by atoms with Crippen molar-refractivity contribution in [2.24, 2.45) is 4.99 Å². The number of carbonyl (C=O) groups excluding carboxylic acids is 1. The Hall–Kier alpha value is -4.23. The molecule has 0 bridgehead atoms. The Balaban J connectivity index is 1.20. The first kappa shape index (κ1) is 31.2. The SMILES string of the molecule is CCc1cccc(C)c1N1C(=O)CS/C1=N\C(=S)NC(C)Cc1ccc(-c2ncn(-c3ccc(OC(F)(F)F)cc3)n2)cc1. The molecule has 0 saturated carbocycles. The molecule has 1 amide bonds. The van der Waals surface area contributed by atoms with Crippen LogP contribution in [0.4, 0.5) is 18.9 Å². The highest BCUT2D eigenvalue weighted by Gasteiger charge is 2.33. The zero-order valence-corrected chi connectivity index (χ0v) is 25.8. The molecule has 1 atom stereocenters. The van der Waals surface area contributed by atoms with Gasteiger partial charge in [-0.3, -0.25) is 9.69 Å². The zero-order chi connectivity index (χ0) is 31.4. The number of carbonyl (C=O) groups is 1. The predicted octanol–water partition coefficient (Wildman–Crippen LogP) is 6.65. The Bertz CT molecular complexity index is 1690. The number of rotatable bonds is 8. The number of aryl methyl sites for hydroxylation is 2. The lowest BCUT2D eigenvalue weighted by Crippen LogP contribution is -2.35. The van der Waals surface area contributed by atoms with Gasteiger partial charge >= 0.3 is 6.36 Å². The van der Waals surface area contributed by atoms with E-state index in [1.807, 2.05) is 56.3 Å². The van der Waals surface area contributed by atoms with E-state index in [0.717, 1.165) is 34.4 Å². The molecule has 1 saturated heterocycles. The van der Waals surface area contributed by atoms with Gasteiger partial charge in [0.2, 0.25) is 5.91 Å². The Morgan fingerprint density at radius 3 is 2.55 bits per heavy atom. The fraction of sp³-hybridized carbons (Fsp3) is 0.258. The number of alkyl halides is 3. The molecule has 8 nitrogen and oxygen atoms in total. The Morgan fingerprint density at radius 1 is 1.14 bits per heavy atom. The molecule has 1 fully saturated rings. The highest BCUT2D eigenvalue weighted by atomic mass is 32.2. The quantitative estimate of drug-likeness (QED) is 0.217. The maximum Gasteiger partial charge on any atom is 0.573 e. The smallest absolute Gasteiger partial charge is 0.406 e. The van der Waals surface area contributed by atoms with E-state index in [1.54, 1.807) is 4.90 Å². The first-order chi connectivity index (χ1) is 21.0. The molecule has 1 aromatic heterocycles. The van der Waals surface area contributed by atoms with E-state index < -0.39 is 6.36 Å². The lowest BCUT2D eigenvalue weighted by molar-refractivity contribution is -0.274. The minimum Gasteiger partial charge on any atom is -0.406 e. The van der Waals surface area contributed by atoms with Crippen LogP contribution in [0.5, 0.6) is 5.75 Å². The van der Waals surface area contributed by atoms with E-state index in [0.29, 0.717) is 34.0 Å². The first-order valence-corrected chi connectivity index (χ1v) is 15.2. The third-order valence-corrected chi connectivity index (χ3v) is 7.97. The number of thioether (sulfide) groups is 1. The molecule has 0 radical (unpaired) electrons. The van der Waals surface area contributed by atoms with Gasteiger partial charge in [0.15, 0.2) is 16.1 Å². The van der Waals surface area contributed by atoms with E-state index in [4.69, 9.17) is 12.2 Å². The number of halogens is 3. The van der Waals surface area contributed by atoms with Crippen LogP contribution < -0.4 is 15.0 Å². The number of amidine groups is 1. The lowest BCUT2D eigenvalue weighted by Gasteiger charge is -2.22. The van der Waals surface area contributed by atoms with Gasteiger partial charge in [-0.05, 0) is 79.9 Å². The molecular formula is C31H29F3N6O2S2. The van der Waals surface area contributed by atoms with Crippen LogP contribution in [0.15, 0.2) is 78.0 Å². The summed E-state index contributed by atoms with van der Waals surface area (Å²) in [5.41, 5.74) is 5.37. The number of hydrogen-bond donors (Lipinski definition) is 1. The summed E-state index contributed by atoms with van der Waals surface area (Å²) in [5, 5.41) is 8.60. The van der Waals surface area contributed by atoms with Crippen molar-refractivity contribution in [2.75, 3.05) is 10.7 Å². The summed E-state index contributed by atoms with van der Waals surface area (Å²) in [5.74, 6) is 0.471. The normalized spacial score (nSPS) is 15.1. The number of amides is 1. The van der Waals surface area contributed by atoms with Gasteiger partial charge in [0.1, 0.15) is 12.1 Å². The number of hydrogen-bond acceptors (Lipinski definition) is 6. The predicted molar refractivity (Wildman–Crippen MR) is 170 cm³/mol. The van der Waals surface area contributed by atoms with Crippen molar-refractivity contribution in [1.82, 2.24) is 20.1 Å². The summed E-state index contributed by atoms with van der Waals surface area (Å²) in [4.78, 5) is 23.5. The van der Waals surface area contributed by atoms with Crippen LogP contribution in [0.3, 0.4) is 0 Å². The van der Waals surface area contributed by atoms with Crippen molar-refractivity contribution in [3.05, 3.63) is 89.7 Å². The number of benzene rings is 3. The maximum atomic E-state index is 12.8. The molecule has 13 heteroatoms. The number of thiocarbonyl (C=S) groups is 1. The number of nitrogens with zero attached hydrogens (tertiary/aromatic N) is 5. The third kappa shape index (κ3) is 7.45. The summed E-state index contributed by atoms with van der Waals surface area (Å²) in [6, 6.07) is 19.1. The van der Waals surface area contributed by atoms with Gasteiger partial charge in [0.25, 0.3) is 0 Å². The van der Waals surface area contributed by atoms with E-state index in [2.05, 4.69) is 32.1 Å². The van der Waals surface area contributed by atoms with Gasteiger partial charge in [-0.1, -0.05) is 61.2 Å². The Morgan fingerprint density at radius 2 is 1.86 bits per heavy atom. The molecule has 1 aliphatic rings. The topological polar surface area (TPSA) is 84.6 Å². The minimum atomic E-state index is -4.75. The monoisotopic (exact) mass is 638 g/mol. The Labute approximate surface area is 262 Å². The van der Waals surface area contributed by atoms with Crippen LogP contribution in [0.1, 0.15) is 30.5 Å². The number of anilines is 1. The minimum absolute atomic E-state index is 0.0125. The van der Waals surface area contributed by atoms with Gasteiger partial charge in [-0.15, -0.1) is 18.3 Å². The van der Waals surface area contributed by atoms with Crippen molar-refractivity contribution < 1.29 is 22.7 Å². The van der Waals surface area contributed by atoms with Crippen LogP contribution in [-0.2, 0) is 17.6 Å².